The molecule has 1 aromatic rings. The number of nitrogens with zero attached hydrogens (tertiary/aromatic N) is 4. The second-order valence-electron chi connectivity index (χ2n) is 3.36. The summed E-state index contributed by atoms with van der Waals surface area (Å²) in [6, 6.07) is -0.557. The van der Waals surface area contributed by atoms with Crippen LogP contribution in [0.1, 0.15) is 13.8 Å². The standard InChI is InChI=1S/C7H14N6O/c1-4(2)5(8)6(14)9-7-10-12-13(3)11-7/h4-5H,8H2,1-3H3,(H,9,11,14)/t5-/m1/s1. The molecule has 1 aromatic heterocycles. The Bertz CT molecular complexity index is 320. The third-order valence-corrected chi connectivity index (χ3v) is 1.76. The largest absolute Gasteiger partial charge is 0.320 e. The summed E-state index contributed by atoms with van der Waals surface area (Å²) in [5, 5.41) is 13.5. The van der Waals surface area contributed by atoms with Crippen LogP contribution in [0.15, 0.2) is 0 Å². The number of tetrazole rings is 1. The van der Waals surface area contributed by atoms with Crippen LogP contribution in [-0.2, 0) is 11.8 Å². The van der Waals surface area contributed by atoms with Crippen molar-refractivity contribution in [3.63, 3.8) is 0 Å². The number of nitrogens with one attached hydrogen (secondary N) is 1. The molecule has 7 nitrogen and oxygen atoms in total. The highest BCUT2D eigenvalue weighted by Crippen LogP contribution is 2.01. The molecule has 1 atom stereocenters. The summed E-state index contributed by atoms with van der Waals surface area (Å²) in [6.45, 7) is 3.74. The summed E-state index contributed by atoms with van der Waals surface area (Å²) in [5.41, 5.74) is 5.62. The fourth-order valence-corrected chi connectivity index (χ4v) is 0.830. The van der Waals surface area contributed by atoms with Gasteiger partial charge in [0.25, 0.3) is 5.95 Å². The van der Waals surface area contributed by atoms with Crippen LogP contribution in [-0.4, -0.2) is 32.2 Å². The first kappa shape index (κ1) is 10.6. The van der Waals surface area contributed by atoms with Gasteiger partial charge in [-0.05, 0) is 11.1 Å². The molecule has 0 radical (unpaired) electrons. The lowest BCUT2D eigenvalue weighted by molar-refractivity contribution is -0.118. The van der Waals surface area contributed by atoms with Crippen LogP contribution in [0.5, 0.6) is 0 Å². The van der Waals surface area contributed by atoms with E-state index in [9.17, 15) is 4.79 Å². The smallest absolute Gasteiger partial charge is 0.270 e. The fourth-order valence-electron chi connectivity index (χ4n) is 0.830. The molecule has 78 valence electrons. The van der Waals surface area contributed by atoms with Crippen LogP contribution in [0.25, 0.3) is 0 Å². The van der Waals surface area contributed by atoms with Crippen LogP contribution in [0.3, 0.4) is 0 Å². The summed E-state index contributed by atoms with van der Waals surface area (Å²) < 4.78 is 0. The predicted octanol–water partition coefficient (Wildman–Crippen LogP) is -0.868. The van der Waals surface area contributed by atoms with Gasteiger partial charge in [0.15, 0.2) is 0 Å². The first-order chi connectivity index (χ1) is 6.50. The molecule has 7 heteroatoms. The van der Waals surface area contributed by atoms with Crippen LogP contribution in [0.4, 0.5) is 5.95 Å². The number of carbonyl (C=O) groups excluding carboxylic acids is 1. The van der Waals surface area contributed by atoms with Gasteiger partial charge in [-0.3, -0.25) is 10.1 Å². The van der Waals surface area contributed by atoms with Crippen molar-refractivity contribution in [3.05, 3.63) is 0 Å². The van der Waals surface area contributed by atoms with Crippen molar-refractivity contribution in [2.75, 3.05) is 5.32 Å². The third kappa shape index (κ3) is 2.49. The SMILES string of the molecule is CC(C)[C@@H](N)C(=O)Nc1nnn(C)n1. The zero-order valence-corrected chi connectivity index (χ0v) is 8.43. The Balaban J connectivity index is 2.57. The summed E-state index contributed by atoms with van der Waals surface area (Å²) >= 11 is 0. The number of hydrogen-bond donors (Lipinski definition) is 2. The molecular formula is C7H14N6O. The molecule has 1 heterocycles. The van der Waals surface area contributed by atoms with Crippen molar-refractivity contribution >= 4 is 11.9 Å². The van der Waals surface area contributed by atoms with Crippen molar-refractivity contribution in [2.45, 2.75) is 19.9 Å². The molecule has 0 saturated heterocycles. The van der Waals surface area contributed by atoms with E-state index in [0.717, 1.165) is 0 Å². The molecular weight excluding hydrogens is 184 g/mol. The predicted molar refractivity (Wildman–Crippen MR) is 50.2 cm³/mol. The van der Waals surface area contributed by atoms with E-state index < -0.39 is 6.04 Å². The molecule has 0 saturated carbocycles. The molecule has 0 aromatic carbocycles. The molecule has 0 spiro atoms. The van der Waals surface area contributed by atoms with Gasteiger partial charge in [0.05, 0.1) is 13.1 Å². The average Bonchev–Trinajstić information content (AvgIpc) is 2.49. The van der Waals surface area contributed by atoms with Crippen LogP contribution in [0, 0.1) is 5.92 Å². The van der Waals surface area contributed by atoms with E-state index in [1.54, 1.807) is 7.05 Å². The monoisotopic (exact) mass is 198 g/mol. The minimum Gasteiger partial charge on any atom is -0.320 e. The van der Waals surface area contributed by atoms with E-state index in [4.69, 9.17) is 5.73 Å². The van der Waals surface area contributed by atoms with Crippen LogP contribution >= 0.6 is 0 Å². The molecule has 0 bridgehead atoms. The maximum Gasteiger partial charge on any atom is 0.270 e. The van der Waals surface area contributed by atoms with Crippen molar-refractivity contribution in [2.24, 2.45) is 18.7 Å². The van der Waals surface area contributed by atoms with E-state index in [1.807, 2.05) is 13.8 Å². The van der Waals surface area contributed by atoms with Gasteiger partial charge in [0.1, 0.15) is 0 Å². The van der Waals surface area contributed by atoms with Gasteiger partial charge in [0.2, 0.25) is 5.91 Å². The van der Waals surface area contributed by atoms with E-state index in [-0.39, 0.29) is 17.8 Å². The van der Waals surface area contributed by atoms with Crippen molar-refractivity contribution in [3.8, 4) is 0 Å². The van der Waals surface area contributed by atoms with Gasteiger partial charge in [-0.2, -0.15) is 4.80 Å². The molecule has 14 heavy (non-hydrogen) atoms. The molecule has 3 N–H and O–H groups in total. The van der Waals surface area contributed by atoms with E-state index >= 15 is 0 Å². The van der Waals surface area contributed by atoms with Gasteiger partial charge < -0.3 is 5.73 Å². The average molecular weight is 198 g/mol. The minimum atomic E-state index is -0.557. The van der Waals surface area contributed by atoms with Crippen molar-refractivity contribution in [1.29, 1.82) is 0 Å². The molecule has 0 unspecified atom stereocenters. The Morgan fingerprint density at radius 2 is 2.21 bits per heavy atom. The van der Waals surface area contributed by atoms with Crippen LogP contribution in [0.2, 0.25) is 0 Å². The Hall–Kier alpha value is -1.50. The Morgan fingerprint density at radius 1 is 1.57 bits per heavy atom. The lowest BCUT2D eigenvalue weighted by atomic mass is 10.1. The van der Waals surface area contributed by atoms with Gasteiger partial charge in [-0.15, -0.1) is 5.10 Å². The number of aryl methyl sites for hydroxylation is 1. The lowest BCUT2D eigenvalue weighted by Gasteiger charge is -2.13. The fraction of sp³-hybridized carbons (Fsp3) is 0.714. The summed E-state index contributed by atoms with van der Waals surface area (Å²) in [5.74, 6) is -0.0479. The summed E-state index contributed by atoms with van der Waals surface area (Å²) in [7, 11) is 1.62. The Labute approximate surface area is 81.7 Å². The van der Waals surface area contributed by atoms with E-state index in [0.29, 0.717) is 0 Å². The minimum absolute atomic E-state index is 0.0756. The topological polar surface area (TPSA) is 98.7 Å². The van der Waals surface area contributed by atoms with Crippen molar-refractivity contribution in [1.82, 2.24) is 20.2 Å². The molecule has 0 fully saturated rings. The third-order valence-electron chi connectivity index (χ3n) is 1.76. The van der Waals surface area contributed by atoms with Gasteiger partial charge in [-0.1, -0.05) is 18.9 Å². The Kier molecular flexibility index (Phi) is 3.13. The second-order valence-corrected chi connectivity index (χ2v) is 3.36. The maximum atomic E-state index is 11.4. The number of rotatable bonds is 3. The zero-order chi connectivity index (χ0) is 10.7. The number of anilines is 1. The first-order valence-electron chi connectivity index (χ1n) is 4.31. The normalized spacial score (nSPS) is 12.9. The zero-order valence-electron chi connectivity index (χ0n) is 8.43. The number of hydrogen-bond acceptors (Lipinski definition) is 5. The molecule has 0 aliphatic rings. The van der Waals surface area contributed by atoms with Crippen molar-refractivity contribution < 1.29 is 4.79 Å². The highest BCUT2D eigenvalue weighted by molar-refractivity contribution is 5.93. The number of carbonyl (C=O) groups is 1. The Morgan fingerprint density at radius 3 is 2.64 bits per heavy atom. The highest BCUT2D eigenvalue weighted by Gasteiger charge is 2.18. The molecule has 1 rings (SSSR count). The molecule has 0 aliphatic carbocycles. The quantitative estimate of drug-likeness (QED) is 0.658. The second kappa shape index (κ2) is 4.14. The summed E-state index contributed by atoms with van der Waals surface area (Å²) in [4.78, 5) is 12.7. The van der Waals surface area contributed by atoms with Gasteiger partial charge >= 0.3 is 0 Å². The molecule has 0 aliphatic heterocycles. The first-order valence-corrected chi connectivity index (χ1v) is 4.31. The van der Waals surface area contributed by atoms with Crippen LogP contribution < -0.4 is 11.1 Å². The maximum absolute atomic E-state index is 11.4. The van der Waals surface area contributed by atoms with Gasteiger partial charge in [-0.25, -0.2) is 0 Å². The number of amides is 1. The number of nitrogens with two attached hydrogens (primary N) is 1. The number of aromatic nitrogens is 4. The van der Waals surface area contributed by atoms with E-state index in [1.165, 1.54) is 4.80 Å². The summed E-state index contributed by atoms with van der Waals surface area (Å²) in [6.07, 6.45) is 0. The van der Waals surface area contributed by atoms with Gasteiger partial charge in [0, 0.05) is 0 Å². The van der Waals surface area contributed by atoms with E-state index in [2.05, 4.69) is 20.7 Å². The highest BCUT2D eigenvalue weighted by atomic mass is 16.2. The lowest BCUT2D eigenvalue weighted by Crippen LogP contribution is -2.40. The molecule has 1 amide bonds.